The third-order valence-electron chi connectivity index (χ3n) is 8.25. The van der Waals surface area contributed by atoms with Crippen LogP contribution in [0, 0.1) is 40.9 Å². The third-order valence-corrected chi connectivity index (χ3v) is 8.25. The predicted octanol–water partition coefficient (Wildman–Crippen LogP) is 3.82. The maximum atomic E-state index is 12.1. The summed E-state index contributed by atoms with van der Waals surface area (Å²) in [7, 11) is 0. The molecule has 2 nitrogen and oxygen atoms in total. The maximum Gasteiger partial charge on any atom is 0.135 e. The lowest BCUT2D eigenvalue weighted by Gasteiger charge is -2.56. The number of fused-ring (bicyclic) bond motifs is 5. The summed E-state index contributed by atoms with van der Waals surface area (Å²) in [5.74, 6) is 4.74. The number of carbonyl (C=O) groups excluding carboxylic acids is 1. The van der Waals surface area contributed by atoms with Crippen molar-refractivity contribution in [3.05, 3.63) is 0 Å². The summed E-state index contributed by atoms with van der Waals surface area (Å²) in [6, 6.07) is 0. The van der Waals surface area contributed by atoms with E-state index in [1.54, 1.807) is 0 Å². The minimum absolute atomic E-state index is 0.0620. The fourth-order valence-corrected chi connectivity index (χ4v) is 6.98. The van der Waals surface area contributed by atoms with Crippen molar-refractivity contribution in [1.82, 2.24) is 0 Å². The third kappa shape index (κ3) is 1.90. The summed E-state index contributed by atoms with van der Waals surface area (Å²) < 4.78 is 0. The van der Waals surface area contributed by atoms with Gasteiger partial charge in [0, 0.05) is 12.3 Å². The van der Waals surface area contributed by atoms with Gasteiger partial charge in [0.15, 0.2) is 0 Å². The van der Waals surface area contributed by atoms with Gasteiger partial charge in [0.25, 0.3) is 0 Å². The first-order chi connectivity index (χ1) is 10.0. The number of aliphatic hydroxyl groups excluding tert-OH is 1. The zero-order chi connectivity index (χ0) is 14.8. The zero-order valence-corrected chi connectivity index (χ0v) is 13.6. The van der Waals surface area contributed by atoms with Crippen molar-refractivity contribution >= 4 is 5.78 Å². The van der Waals surface area contributed by atoms with E-state index in [1.807, 2.05) is 0 Å². The van der Waals surface area contributed by atoms with Crippen molar-refractivity contribution in [3.63, 3.8) is 0 Å². The van der Waals surface area contributed by atoms with Gasteiger partial charge in [-0.2, -0.15) is 0 Å². The molecule has 4 aliphatic rings. The van der Waals surface area contributed by atoms with Gasteiger partial charge in [-0.15, -0.1) is 0 Å². The van der Waals surface area contributed by atoms with Crippen LogP contribution >= 0.6 is 0 Å². The lowest BCUT2D eigenvalue weighted by Crippen LogP contribution is -2.51. The summed E-state index contributed by atoms with van der Waals surface area (Å²) in [6.07, 6.45) is 9.28. The molecule has 0 aromatic heterocycles. The number of Topliss-reactive ketones (excluding diaryl/α,β-unsaturated/α-hetero) is 1. The maximum absolute atomic E-state index is 12.1. The SMILES string of the molecule is CC1C(=O)CCC2C1CCC1C2CCC2(C)C(O)CCC12. The highest BCUT2D eigenvalue weighted by Gasteiger charge is 2.57. The molecule has 0 radical (unpaired) electrons. The van der Waals surface area contributed by atoms with Crippen molar-refractivity contribution in [3.8, 4) is 0 Å². The Morgan fingerprint density at radius 3 is 2.48 bits per heavy atom. The van der Waals surface area contributed by atoms with Gasteiger partial charge in [0.1, 0.15) is 5.78 Å². The van der Waals surface area contributed by atoms with Crippen LogP contribution in [0.25, 0.3) is 0 Å². The number of rotatable bonds is 0. The summed E-state index contributed by atoms with van der Waals surface area (Å²) in [5, 5.41) is 10.4. The normalized spacial score (nSPS) is 56.5. The summed E-state index contributed by atoms with van der Waals surface area (Å²) >= 11 is 0. The minimum Gasteiger partial charge on any atom is -0.393 e. The van der Waals surface area contributed by atoms with Gasteiger partial charge in [-0.1, -0.05) is 13.8 Å². The van der Waals surface area contributed by atoms with Crippen molar-refractivity contribution in [2.75, 3.05) is 0 Å². The van der Waals surface area contributed by atoms with Gasteiger partial charge in [0.2, 0.25) is 0 Å². The number of carbonyl (C=O) groups is 1. The molecule has 2 heteroatoms. The van der Waals surface area contributed by atoms with Crippen LogP contribution in [0.3, 0.4) is 0 Å². The van der Waals surface area contributed by atoms with E-state index in [0.29, 0.717) is 17.6 Å². The molecule has 8 unspecified atom stereocenters. The molecule has 0 aliphatic heterocycles. The molecule has 0 heterocycles. The van der Waals surface area contributed by atoms with Crippen LogP contribution < -0.4 is 0 Å². The van der Waals surface area contributed by atoms with E-state index in [1.165, 1.54) is 32.1 Å². The Bertz CT molecular complexity index is 445. The fourth-order valence-electron chi connectivity index (χ4n) is 6.98. The smallest absolute Gasteiger partial charge is 0.135 e. The average molecular weight is 290 g/mol. The van der Waals surface area contributed by atoms with Gasteiger partial charge >= 0.3 is 0 Å². The van der Waals surface area contributed by atoms with E-state index >= 15 is 0 Å². The van der Waals surface area contributed by atoms with Crippen LogP contribution in [0.5, 0.6) is 0 Å². The molecule has 8 atom stereocenters. The summed E-state index contributed by atoms with van der Waals surface area (Å²) in [4.78, 5) is 12.1. The molecule has 0 spiro atoms. The second kappa shape index (κ2) is 4.81. The first-order valence-corrected chi connectivity index (χ1v) is 9.23. The number of hydrogen-bond donors (Lipinski definition) is 1. The Morgan fingerprint density at radius 2 is 1.67 bits per heavy atom. The summed E-state index contributed by atoms with van der Waals surface area (Å²) in [6.45, 7) is 4.54. The molecular weight excluding hydrogens is 260 g/mol. The highest BCUT2D eigenvalue weighted by Crippen LogP contribution is 2.62. The van der Waals surface area contributed by atoms with Crippen molar-refractivity contribution in [2.45, 2.75) is 71.3 Å². The Balaban J connectivity index is 1.59. The molecule has 4 rings (SSSR count). The van der Waals surface area contributed by atoms with Crippen molar-refractivity contribution in [1.29, 1.82) is 0 Å². The Morgan fingerprint density at radius 1 is 0.952 bits per heavy atom. The number of ketones is 1. The quantitative estimate of drug-likeness (QED) is 0.736. The van der Waals surface area contributed by atoms with Crippen molar-refractivity contribution < 1.29 is 9.90 Å². The molecule has 4 saturated carbocycles. The molecule has 0 saturated heterocycles. The molecule has 118 valence electrons. The van der Waals surface area contributed by atoms with E-state index in [0.717, 1.165) is 42.9 Å². The molecule has 0 aromatic rings. The first kappa shape index (κ1) is 14.2. The molecule has 4 aliphatic carbocycles. The number of hydrogen-bond acceptors (Lipinski definition) is 2. The van der Waals surface area contributed by atoms with Crippen molar-refractivity contribution in [2.24, 2.45) is 40.9 Å². The second-order valence-electron chi connectivity index (χ2n) is 8.77. The Kier molecular flexibility index (Phi) is 3.26. The Hall–Kier alpha value is -0.370. The lowest BCUT2D eigenvalue weighted by molar-refractivity contribution is -0.135. The van der Waals surface area contributed by atoms with Crippen LogP contribution in [0.15, 0.2) is 0 Å². The second-order valence-corrected chi connectivity index (χ2v) is 8.77. The molecule has 21 heavy (non-hydrogen) atoms. The van der Waals surface area contributed by atoms with Gasteiger partial charge in [-0.3, -0.25) is 4.79 Å². The van der Waals surface area contributed by atoms with Crippen LogP contribution in [0.2, 0.25) is 0 Å². The van der Waals surface area contributed by atoms with E-state index in [4.69, 9.17) is 0 Å². The molecule has 0 bridgehead atoms. The predicted molar refractivity (Wildman–Crippen MR) is 82.7 cm³/mol. The van der Waals surface area contributed by atoms with Crippen LogP contribution in [-0.4, -0.2) is 17.0 Å². The molecule has 1 N–H and O–H groups in total. The van der Waals surface area contributed by atoms with Gasteiger partial charge in [-0.25, -0.2) is 0 Å². The molecule has 4 fully saturated rings. The molecule has 0 aromatic carbocycles. The fraction of sp³-hybridized carbons (Fsp3) is 0.947. The van der Waals surface area contributed by atoms with Crippen LogP contribution in [0.1, 0.15) is 65.2 Å². The van der Waals surface area contributed by atoms with Crippen LogP contribution in [-0.2, 0) is 4.79 Å². The lowest BCUT2D eigenvalue weighted by atomic mass is 9.49. The Labute approximate surface area is 128 Å². The van der Waals surface area contributed by atoms with E-state index in [-0.39, 0.29) is 11.5 Å². The van der Waals surface area contributed by atoms with E-state index < -0.39 is 0 Å². The van der Waals surface area contributed by atoms with E-state index in [9.17, 15) is 9.90 Å². The average Bonchev–Trinajstić information content (AvgIpc) is 2.78. The standard InChI is InChI=1S/C19H30O2/c1-11-12-3-4-15-14(13(12)5-7-17(11)20)9-10-19(2)16(15)6-8-18(19)21/h11-16,18,21H,3-10H2,1-2H3. The minimum atomic E-state index is -0.0620. The summed E-state index contributed by atoms with van der Waals surface area (Å²) in [5.41, 5.74) is 0.199. The molecule has 0 amide bonds. The highest BCUT2D eigenvalue weighted by molar-refractivity contribution is 5.81. The van der Waals surface area contributed by atoms with E-state index in [2.05, 4.69) is 13.8 Å². The van der Waals surface area contributed by atoms with Crippen LogP contribution in [0.4, 0.5) is 0 Å². The monoisotopic (exact) mass is 290 g/mol. The van der Waals surface area contributed by atoms with Gasteiger partial charge < -0.3 is 5.11 Å². The largest absolute Gasteiger partial charge is 0.393 e. The zero-order valence-electron chi connectivity index (χ0n) is 13.6. The highest BCUT2D eigenvalue weighted by atomic mass is 16.3. The molecular formula is C19H30O2. The van der Waals surface area contributed by atoms with Gasteiger partial charge in [0.05, 0.1) is 6.10 Å². The number of aliphatic hydroxyl groups is 1. The first-order valence-electron chi connectivity index (χ1n) is 9.23. The van der Waals surface area contributed by atoms with Gasteiger partial charge in [-0.05, 0) is 80.0 Å². The topological polar surface area (TPSA) is 37.3 Å².